The van der Waals surface area contributed by atoms with Gasteiger partial charge in [-0.2, -0.15) is 0 Å². The first-order valence-electron chi connectivity index (χ1n) is 4.60. The zero-order valence-corrected chi connectivity index (χ0v) is 9.35. The van der Waals surface area contributed by atoms with Gasteiger partial charge in [-0.05, 0) is 27.9 Å². The minimum Gasteiger partial charge on any atom is -0.378 e. The van der Waals surface area contributed by atoms with Gasteiger partial charge in [0.05, 0.1) is 12.7 Å². The highest BCUT2D eigenvalue weighted by Crippen LogP contribution is 2.16. The standard InChI is InChI=1S/C10H23NO/c1-9(2)12-8-10(3,4)7-11(5)6/h9H,7-8H2,1-6H3. The second-order valence-corrected chi connectivity index (χ2v) is 4.76. The Balaban J connectivity index is 3.71. The van der Waals surface area contributed by atoms with Crippen molar-refractivity contribution in [3.05, 3.63) is 0 Å². The van der Waals surface area contributed by atoms with Gasteiger partial charge in [0.25, 0.3) is 0 Å². The largest absolute Gasteiger partial charge is 0.378 e. The summed E-state index contributed by atoms with van der Waals surface area (Å²) in [6.45, 7) is 10.5. The molecule has 0 aromatic rings. The van der Waals surface area contributed by atoms with Crippen molar-refractivity contribution in [1.29, 1.82) is 0 Å². The van der Waals surface area contributed by atoms with E-state index in [1.807, 2.05) is 0 Å². The maximum atomic E-state index is 5.58. The Labute approximate surface area is 76.9 Å². The van der Waals surface area contributed by atoms with Crippen molar-refractivity contribution in [1.82, 2.24) is 4.90 Å². The summed E-state index contributed by atoms with van der Waals surface area (Å²) in [6, 6.07) is 0. The number of hydrogen-bond donors (Lipinski definition) is 0. The van der Waals surface area contributed by atoms with Crippen molar-refractivity contribution < 1.29 is 4.74 Å². The third-order valence-corrected chi connectivity index (χ3v) is 1.55. The van der Waals surface area contributed by atoms with Gasteiger partial charge in [0.2, 0.25) is 0 Å². The Morgan fingerprint density at radius 1 is 1.25 bits per heavy atom. The van der Waals surface area contributed by atoms with Crippen LogP contribution in [0.4, 0.5) is 0 Å². The molecular weight excluding hydrogens is 150 g/mol. The molecule has 2 heteroatoms. The molecule has 0 N–H and O–H groups in total. The maximum absolute atomic E-state index is 5.58. The lowest BCUT2D eigenvalue weighted by molar-refractivity contribution is 0.0120. The molecule has 0 rings (SSSR count). The monoisotopic (exact) mass is 173 g/mol. The van der Waals surface area contributed by atoms with Crippen LogP contribution in [0.5, 0.6) is 0 Å². The van der Waals surface area contributed by atoms with Gasteiger partial charge in [0.1, 0.15) is 0 Å². The molecule has 0 spiro atoms. The predicted molar refractivity (Wildman–Crippen MR) is 53.4 cm³/mol. The van der Waals surface area contributed by atoms with Gasteiger partial charge >= 0.3 is 0 Å². The molecule has 0 radical (unpaired) electrons. The Hall–Kier alpha value is -0.0800. The average molecular weight is 173 g/mol. The summed E-state index contributed by atoms with van der Waals surface area (Å²) < 4.78 is 5.58. The molecule has 0 bridgehead atoms. The summed E-state index contributed by atoms with van der Waals surface area (Å²) in [5, 5.41) is 0. The molecule has 0 saturated carbocycles. The predicted octanol–water partition coefficient (Wildman–Crippen LogP) is 2.00. The van der Waals surface area contributed by atoms with Crippen molar-refractivity contribution in [2.45, 2.75) is 33.8 Å². The molecule has 0 aromatic carbocycles. The van der Waals surface area contributed by atoms with Gasteiger partial charge in [0, 0.05) is 12.0 Å². The zero-order valence-electron chi connectivity index (χ0n) is 9.35. The number of nitrogens with zero attached hydrogens (tertiary/aromatic N) is 1. The van der Waals surface area contributed by atoms with Crippen LogP contribution in [0.3, 0.4) is 0 Å². The third kappa shape index (κ3) is 6.62. The Kier molecular flexibility index (Phi) is 4.80. The highest BCUT2D eigenvalue weighted by Gasteiger charge is 2.19. The maximum Gasteiger partial charge on any atom is 0.0532 e. The van der Waals surface area contributed by atoms with Gasteiger partial charge in [-0.1, -0.05) is 13.8 Å². The van der Waals surface area contributed by atoms with Crippen LogP contribution in [0.2, 0.25) is 0 Å². The molecule has 0 amide bonds. The first kappa shape index (κ1) is 11.9. The van der Waals surface area contributed by atoms with Crippen LogP contribution in [-0.4, -0.2) is 38.3 Å². The van der Waals surface area contributed by atoms with Crippen LogP contribution < -0.4 is 0 Å². The van der Waals surface area contributed by atoms with Crippen LogP contribution in [0, 0.1) is 5.41 Å². The summed E-state index contributed by atoms with van der Waals surface area (Å²) in [4.78, 5) is 2.20. The minimum absolute atomic E-state index is 0.258. The van der Waals surface area contributed by atoms with Gasteiger partial charge in [-0.25, -0.2) is 0 Å². The van der Waals surface area contributed by atoms with Gasteiger partial charge in [-0.3, -0.25) is 0 Å². The molecular formula is C10H23NO. The molecule has 0 aliphatic heterocycles. The highest BCUT2D eigenvalue weighted by molar-refractivity contribution is 4.70. The van der Waals surface area contributed by atoms with E-state index in [-0.39, 0.29) is 5.41 Å². The van der Waals surface area contributed by atoms with Gasteiger partial charge < -0.3 is 9.64 Å². The molecule has 0 aliphatic rings. The summed E-state index contributed by atoms with van der Waals surface area (Å²) in [5.74, 6) is 0. The van der Waals surface area contributed by atoms with E-state index in [0.29, 0.717) is 6.10 Å². The van der Waals surface area contributed by atoms with E-state index in [0.717, 1.165) is 13.2 Å². The van der Waals surface area contributed by atoms with Crippen molar-refractivity contribution >= 4 is 0 Å². The molecule has 12 heavy (non-hydrogen) atoms. The minimum atomic E-state index is 0.258. The smallest absolute Gasteiger partial charge is 0.0532 e. The van der Waals surface area contributed by atoms with Crippen molar-refractivity contribution in [3.63, 3.8) is 0 Å². The van der Waals surface area contributed by atoms with E-state index in [4.69, 9.17) is 4.74 Å². The van der Waals surface area contributed by atoms with Crippen LogP contribution >= 0.6 is 0 Å². The van der Waals surface area contributed by atoms with Crippen LogP contribution in [0.15, 0.2) is 0 Å². The van der Waals surface area contributed by atoms with Crippen LogP contribution in [0.1, 0.15) is 27.7 Å². The van der Waals surface area contributed by atoms with Crippen molar-refractivity contribution in [2.24, 2.45) is 5.41 Å². The van der Waals surface area contributed by atoms with E-state index < -0.39 is 0 Å². The number of rotatable bonds is 5. The Morgan fingerprint density at radius 2 is 1.75 bits per heavy atom. The molecule has 0 unspecified atom stereocenters. The van der Waals surface area contributed by atoms with Gasteiger partial charge in [-0.15, -0.1) is 0 Å². The molecule has 0 saturated heterocycles. The SMILES string of the molecule is CC(C)OCC(C)(C)CN(C)C. The summed E-state index contributed by atoms with van der Waals surface area (Å²) in [7, 11) is 4.19. The van der Waals surface area contributed by atoms with Crippen LogP contribution in [0.25, 0.3) is 0 Å². The summed E-state index contributed by atoms with van der Waals surface area (Å²) in [5.41, 5.74) is 0.258. The first-order valence-corrected chi connectivity index (χ1v) is 4.60. The fraction of sp³-hybridized carbons (Fsp3) is 1.00. The van der Waals surface area contributed by atoms with E-state index >= 15 is 0 Å². The normalized spacial score (nSPS) is 13.0. The van der Waals surface area contributed by atoms with Gasteiger partial charge in [0.15, 0.2) is 0 Å². The highest BCUT2D eigenvalue weighted by atomic mass is 16.5. The van der Waals surface area contributed by atoms with E-state index in [9.17, 15) is 0 Å². The zero-order chi connectivity index (χ0) is 9.78. The summed E-state index contributed by atoms with van der Waals surface area (Å²) in [6.07, 6.45) is 0.339. The first-order chi connectivity index (χ1) is 5.33. The lowest BCUT2D eigenvalue weighted by Gasteiger charge is -2.28. The fourth-order valence-electron chi connectivity index (χ4n) is 1.29. The number of ether oxygens (including phenoxy) is 1. The second-order valence-electron chi connectivity index (χ2n) is 4.76. The topological polar surface area (TPSA) is 12.5 Å². The van der Waals surface area contributed by atoms with Crippen molar-refractivity contribution in [3.8, 4) is 0 Å². The van der Waals surface area contributed by atoms with Crippen LogP contribution in [-0.2, 0) is 4.74 Å². The molecule has 0 heterocycles. The van der Waals surface area contributed by atoms with E-state index in [2.05, 4.69) is 46.7 Å². The molecule has 0 aromatic heterocycles. The fourth-order valence-corrected chi connectivity index (χ4v) is 1.29. The average Bonchev–Trinajstić information content (AvgIpc) is 1.81. The molecule has 2 nitrogen and oxygen atoms in total. The molecule has 0 atom stereocenters. The number of hydrogen-bond acceptors (Lipinski definition) is 2. The molecule has 0 fully saturated rings. The summed E-state index contributed by atoms with van der Waals surface area (Å²) >= 11 is 0. The lowest BCUT2D eigenvalue weighted by atomic mass is 9.94. The Morgan fingerprint density at radius 3 is 2.08 bits per heavy atom. The Bertz CT molecular complexity index is 119. The van der Waals surface area contributed by atoms with E-state index in [1.54, 1.807) is 0 Å². The quantitative estimate of drug-likeness (QED) is 0.630. The second kappa shape index (κ2) is 4.83. The van der Waals surface area contributed by atoms with Crippen molar-refractivity contribution in [2.75, 3.05) is 27.2 Å². The lowest BCUT2D eigenvalue weighted by Crippen LogP contribution is -2.33. The van der Waals surface area contributed by atoms with E-state index in [1.165, 1.54) is 0 Å². The molecule has 74 valence electrons. The third-order valence-electron chi connectivity index (χ3n) is 1.55. The molecule has 0 aliphatic carbocycles.